The Morgan fingerprint density at radius 1 is 1.14 bits per heavy atom. The van der Waals surface area contributed by atoms with Gasteiger partial charge in [0.15, 0.2) is 0 Å². The van der Waals surface area contributed by atoms with Crippen molar-refractivity contribution < 1.29 is 18.7 Å². The van der Waals surface area contributed by atoms with Crippen molar-refractivity contribution in [3.8, 4) is 0 Å². The molecule has 1 heterocycles. The number of halogens is 1. The molecule has 1 N–H and O–H groups in total. The molecule has 5 nitrogen and oxygen atoms in total. The molecule has 2 aromatic rings. The number of hydrogen-bond acceptors (Lipinski definition) is 3. The highest BCUT2D eigenvalue weighted by molar-refractivity contribution is 5.79. The van der Waals surface area contributed by atoms with Gasteiger partial charge in [-0.2, -0.15) is 0 Å². The van der Waals surface area contributed by atoms with E-state index in [-0.39, 0.29) is 42.6 Å². The highest BCUT2D eigenvalue weighted by atomic mass is 19.1. The van der Waals surface area contributed by atoms with Gasteiger partial charge < -0.3 is 15.0 Å². The molecule has 0 aliphatic carbocycles. The maximum atomic E-state index is 13.7. The zero-order chi connectivity index (χ0) is 20.6. The van der Waals surface area contributed by atoms with Crippen LogP contribution in [0, 0.1) is 11.7 Å². The van der Waals surface area contributed by atoms with Gasteiger partial charge in [-0.05, 0) is 29.5 Å². The summed E-state index contributed by atoms with van der Waals surface area (Å²) in [5.41, 5.74) is 1.42. The van der Waals surface area contributed by atoms with Gasteiger partial charge >= 0.3 is 0 Å². The molecule has 1 fully saturated rings. The Morgan fingerprint density at radius 2 is 1.86 bits per heavy atom. The molecule has 1 aliphatic rings. The Balaban J connectivity index is 1.42. The number of rotatable bonds is 7. The van der Waals surface area contributed by atoms with Gasteiger partial charge in [0.2, 0.25) is 11.8 Å². The van der Waals surface area contributed by atoms with Crippen LogP contribution in [0.3, 0.4) is 0 Å². The standard InChI is InChI=1S/C23H27FN2O3/c1-17-14-26(23(28)16-29-15-18-7-3-2-4-8-18)12-11-21(17)25-22(27)13-19-9-5-6-10-20(19)24/h2-10,17,21H,11-16H2,1H3,(H,25,27). The quantitative estimate of drug-likeness (QED) is 0.780. The van der Waals surface area contributed by atoms with E-state index in [0.717, 1.165) is 5.56 Å². The SMILES string of the molecule is CC1CN(C(=O)COCc2ccccc2)CCC1NC(=O)Cc1ccccc1F. The number of carbonyl (C=O) groups excluding carboxylic acids is 2. The third kappa shape index (κ3) is 6.12. The lowest BCUT2D eigenvalue weighted by molar-refractivity contribution is -0.138. The summed E-state index contributed by atoms with van der Waals surface area (Å²) in [6, 6.07) is 16.0. The lowest BCUT2D eigenvalue weighted by atomic mass is 9.93. The fourth-order valence-electron chi connectivity index (χ4n) is 3.58. The lowest BCUT2D eigenvalue weighted by Gasteiger charge is -2.37. The summed E-state index contributed by atoms with van der Waals surface area (Å²) in [6.07, 6.45) is 0.695. The van der Waals surface area contributed by atoms with Crippen molar-refractivity contribution in [1.82, 2.24) is 10.2 Å². The second-order valence-electron chi connectivity index (χ2n) is 7.53. The molecule has 0 spiro atoms. The molecular weight excluding hydrogens is 371 g/mol. The third-order valence-electron chi connectivity index (χ3n) is 5.25. The first-order valence-corrected chi connectivity index (χ1v) is 9.95. The molecule has 2 atom stereocenters. The zero-order valence-corrected chi connectivity index (χ0v) is 16.6. The molecule has 0 bridgehead atoms. The molecule has 1 aliphatic heterocycles. The van der Waals surface area contributed by atoms with Crippen molar-refractivity contribution in [1.29, 1.82) is 0 Å². The molecule has 2 unspecified atom stereocenters. The number of ether oxygens (including phenoxy) is 1. The molecule has 2 amide bonds. The van der Waals surface area contributed by atoms with Crippen LogP contribution in [0.5, 0.6) is 0 Å². The summed E-state index contributed by atoms with van der Waals surface area (Å²) in [5.74, 6) is -0.486. The van der Waals surface area contributed by atoms with Crippen LogP contribution in [0.1, 0.15) is 24.5 Å². The monoisotopic (exact) mass is 398 g/mol. The van der Waals surface area contributed by atoms with Crippen LogP contribution in [0.15, 0.2) is 54.6 Å². The Labute approximate surface area is 170 Å². The zero-order valence-electron chi connectivity index (χ0n) is 16.6. The smallest absolute Gasteiger partial charge is 0.248 e. The topological polar surface area (TPSA) is 58.6 Å². The molecule has 1 saturated heterocycles. The van der Waals surface area contributed by atoms with Crippen molar-refractivity contribution in [2.45, 2.75) is 32.4 Å². The third-order valence-corrected chi connectivity index (χ3v) is 5.25. The van der Waals surface area contributed by atoms with E-state index in [2.05, 4.69) is 5.32 Å². The van der Waals surface area contributed by atoms with Gasteiger partial charge in [0.05, 0.1) is 13.0 Å². The maximum Gasteiger partial charge on any atom is 0.248 e. The van der Waals surface area contributed by atoms with Gasteiger partial charge in [-0.3, -0.25) is 9.59 Å². The Hall–Kier alpha value is -2.73. The highest BCUT2D eigenvalue weighted by Crippen LogP contribution is 2.18. The Morgan fingerprint density at radius 3 is 2.59 bits per heavy atom. The number of piperidine rings is 1. The molecule has 0 radical (unpaired) electrons. The first kappa shape index (κ1) is 21.0. The van der Waals surface area contributed by atoms with E-state index in [1.165, 1.54) is 6.07 Å². The summed E-state index contributed by atoms with van der Waals surface area (Å²) in [4.78, 5) is 26.5. The largest absolute Gasteiger partial charge is 0.367 e. The first-order valence-electron chi connectivity index (χ1n) is 9.95. The molecule has 0 aromatic heterocycles. The van der Waals surface area contributed by atoms with Crippen LogP contribution in [0.4, 0.5) is 4.39 Å². The van der Waals surface area contributed by atoms with Gasteiger partial charge in [-0.25, -0.2) is 4.39 Å². The summed E-state index contributed by atoms with van der Waals surface area (Å²) >= 11 is 0. The minimum absolute atomic E-state index is 0.0197. The number of nitrogens with zero attached hydrogens (tertiary/aromatic N) is 1. The fraction of sp³-hybridized carbons (Fsp3) is 0.391. The van der Waals surface area contributed by atoms with E-state index < -0.39 is 0 Å². The molecule has 2 aromatic carbocycles. The Bertz CT molecular complexity index is 828. The predicted molar refractivity (Wildman–Crippen MR) is 108 cm³/mol. The van der Waals surface area contributed by atoms with E-state index in [9.17, 15) is 14.0 Å². The molecule has 0 saturated carbocycles. The normalized spacial score (nSPS) is 19.0. The Kier molecular flexibility index (Phi) is 7.36. The number of benzene rings is 2. The van der Waals surface area contributed by atoms with E-state index in [0.29, 0.717) is 31.7 Å². The van der Waals surface area contributed by atoms with Crippen LogP contribution in [-0.2, 0) is 27.4 Å². The van der Waals surface area contributed by atoms with Crippen LogP contribution in [-0.4, -0.2) is 42.5 Å². The van der Waals surface area contributed by atoms with Crippen LogP contribution in [0.2, 0.25) is 0 Å². The molecule has 154 valence electrons. The van der Waals surface area contributed by atoms with E-state index in [1.54, 1.807) is 23.1 Å². The first-order chi connectivity index (χ1) is 14.0. The molecule has 6 heteroatoms. The molecule has 3 rings (SSSR count). The van der Waals surface area contributed by atoms with Crippen molar-refractivity contribution in [3.05, 3.63) is 71.5 Å². The minimum Gasteiger partial charge on any atom is -0.367 e. The van der Waals surface area contributed by atoms with E-state index >= 15 is 0 Å². The fourth-order valence-corrected chi connectivity index (χ4v) is 3.58. The van der Waals surface area contributed by atoms with E-state index in [4.69, 9.17) is 4.74 Å². The van der Waals surface area contributed by atoms with E-state index in [1.807, 2.05) is 37.3 Å². The maximum absolute atomic E-state index is 13.7. The number of likely N-dealkylation sites (tertiary alicyclic amines) is 1. The highest BCUT2D eigenvalue weighted by Gasteiger charge is 2.29. The van der Waals surface area contributed by atoms with Crippen LogP contribution >= 0.6 is 0 Å². The van der Waals surface area contributed by atoms with Crippen molar-refractivity contribution >= 4 is 11.8 Å². The predicted octanol–water partition coefficient (Wildman–Crippen LogP) is 2.94. The van der Waals surface area contributed by atoms with Gasteiger partial charge in [-0.15, -0.1) is 0 Å². The van der Waals surface area contributed by atoms with Gasteiger partial charge in [0.1, 0.15) is 12.4 Å². The van der Waals surface area contributed by atoms with Crippen LogP contribution < -0.4 is 5.32 Å². The number of amides is 2. The van der Waals surface area contributed by atoms with Crippen molar-refractivity contribution in [2.24, 2.45) is 5.92 Å². The number of carbonyl (C=O) groups is 2. The summed E-state index contributed by atoms with van der Waals surface area (Å²) in [6.45, 7) is 3.61. The molecular formula is C23H27FN2O3. The van der Waals surface area contributed by atoms with Crippen LogP contribution in [0.25, 0.3) is 0 Å². The second kappa shape index (κ2) is 10.2. The van der Waals surface area contributed by atoms with Gasteiger partial charge in [0.25, 0.3) is 0 Å². The van der Waals surface area contributed by atoms with Crippen molar-refractivity contribution in [3.63, 3.8) is 0 Å². The number of hydrogen-bond donors (Lipinski definition) is 1. The average Bonchev–Trinajstić information content (AvgIpc) is 2.72. The van der Waals surface area contributed by atoms with Crippen molar-refractivity contribution in [2.75, 3.05) is 19.7 Å². The number of nitrogens with one attached hydrogen (secondary N) is 1. The summed E-state index contributed by atoms with van der Waals surface area (Å²) in [7, 11) is 0. The summed E-state index contributed by atoms with van der Waals surface area (Å²) < 4.78 is 19.3. The average molecular weight is 398 g/mol. The van der Waals surface area contributed by atoms with Gasteiger partial charge in [0, 0.05) is 19.1 Å². The second-order valence-corrected chi connectivity index (χ2v) is 7.53. The lowest BCUT2D eigenvalue weighted by Crippen LogP contribution is -2.52. The minimum atomic E-state index is -0.369. The molecule has 29 heavy (non-hydrogen) atoms. The summed E-state index contributed by atoms with van der Waals surface area (Å²) in [5, 5.41) is 2.99. The van der Waals surface area contributed by atoms with Gasteiger partial charge in [-0.1, -0.05) is 55.5 Å².